The number of hydrogen-bond donors (Lipinski definition) is 3. The molecule has 3 N–H and O–H groups in total. The van der Waals surface area contributed by atoms with Crippen molar-refractivity contribution in [1.29, 1.82) is 0 Å². The summed E-state index contributed by atoms with van der Waals surface area (Å²) in [4.78, 5) is 23.4. The number of carbonyl (C=O) groups is 2. The molecule has 1 unspecified atom stereocenters. The van der Waals surface area contributed by atoms with Crippen molar-refractivity contribution in [2.75, 3.05) is 23.8 Å². The van der Waals surface area contributed by atoms with Gasteiger partial charge in [0.15, 0.2) is 6.61 Å². The molecule has 0 radical (unpaired) electrons. The molecule has 0 bridgehead atoms. The van der Waals surface area contributed by atoms with Crippen molar-refractivity contribution in [3.8, 4) is 5.75 Å². The minimum Gasteiger partial charge on any atom is -0.482 e. The van der Waals surface area contributed by atoms with Gasteiger partial charge in [-0.25, -0.2) is 4.79 Å². The van der Waals surface area contributed by atoms with Crippen LogP contribution in [0.5, 0.6) is 5.75 Å². The van der Waals surface area contributed by atoms with Crippen LogP contribution in [0.3, 0.4) is 0 Å². The standard InChI is InChI=1S/C19H21N3O3/c1-2-13(14-6-4-3-5-7-14)11-20-19(24)21-15-8-9-16-17(10-15)25-12-18(23)22-16/h3-10,13H,2,11-12H2,1H3,(H,22,23)(H2,20,21,24). The van der Waals surface area contributed by atoms with E-state index in [9.17, 15) is 9.59 Å². The molecule has 3 rings (SSSR count). The molecule has 1 atom stereocenters. The molecule has 1 aliphatic heterocycles. The maximum Gasteiger partial charge on any atom is 0.319 e. The summed E-state index contributed by atoms with van der Waals surface area (Å²) in [6.45, 7) is 2.65. The quantitative estimate of drug-likeness (QED) is 0.782. The number of anilines is 2. The first-order chi connectivity index (χ1) is 12.2. The van der Waals surface area contributed by atoms with Gasteiger partial charge in [-0.15, -0.1) is 0 Å². The Morgan fingerprint density at radius 3 is 2.80 bits per heavy atom. The molecular formula is C19H21N3O3. The fourth-order valence-corrected chi connectivity index (χ4v) is 2.77. The fourth-order valence-electron chi connectivity index (χ4n) is 2.77. The van der Waals surface area contributed by atoms with Crippen molar-refractivity contribution in [3.05, 3.63) is 54.1 Å². The van der Waals surface area contributed by atoms with Gasteiger partial charge in [0, 0.05) is 24.2 Å². The van der Waals surface area contributed by atoms with E-state index in [4.69, 9.17) is 4.74 Å². The Morgan fingerprint density at radius 1 is 1.24 bits per heavy atom. The van der Waals surface area contributed by atoms with Crippen molar-refractivity contribution in [3.63, 3.8) is 0 Å². The second-order valence-corrected chi connectivity index (χ2v) is 5.90. The smallest absolute Gasteiger partial charge is 0.319 e. The Kier molecular flexibility index (Phi) is 5.18. The van der Waals surface area contributed by atoms with Crippen LogP contribution in [0.25, 0.3) is 0 Å². The lowest BCUT2D eigenvalue weighted by molar-refractivity contribution is -0.118. The van der Waals surface area contributed by atoms with Crippen molar-refractivity contribution < 1.29 is 14.3 Å². The van der Waals surface area contributed by atoms with E-state index in [2.05, 4.69) is 35.0 Å². The molecule has 130 valence electrons. The van der Waals surface area contributed by atoms with Crippen LogP contribution in [-0.4, -0.2) is 25.1 Å². The zero-order valence-corrected chi connectivity index (χ0v) is 14.0. The Balaban J connectivity index is 1.56. The molecule has 25 heavy (non-hydrogen) atoms. The van der Waals surface area contributed by atoms with Crippen LogP contribution >= 0.6 is 0 Å². The minimum atomic E-state index is -0.269. The molecule has 0 aromatic heterocycles. The van der Waals surface area contributed by atoms with Crippen LogP contribution in [-0.2, 0) is 4.79 Å². The van der Waals surface area contributed by atoms with Crippen molar-refractivity contribution in [2.45, 2.75) is 19.3 Å². The number of fused-ring (bicyclic) bond motifs is 1. The lowest BCUT2D eigenvalue weighted by Crippen LogP contribution is -2.32. The molecule has 0 saturated heterocycles. The van der Waals surface area contributed by atoms with Gasteiger partial charge in [-0.3, -0.25) is 4.79 Å². The summed E-state index contributed by atoms with van der Waals surface area (Å²) in [7, 11) is 0. The van der Waals surface area contributed by atoms with Crippen molar-refractivity contribution in [2.24, 2.45) is 0 Å². The van der Waals surface area contributed by atoms with Crippen LogP contribution in [0.1, 0.15) is 24.8 Å². The van der Waals surface area contributed by atoms with Gasteiger partial charge in [0.25, 0.3) is 5.91 Å². The molecule has 2 aromatic carbocycles. The van der Waals surface area contributed by atoms with Crippen molar-refractivity contribution >= 4 is 23.3 Å². The second kappa shape index (κ2) is 7.70. The number of nitrogens with one attached hydrogen (secondary N) is 3. The van der Waals surface area contributed by atoms with E-state index >= 15 is 0 Å². The van der Waals surface area contributed by atoms with E-state index in [1.807, 2.05) is 18.2 Å². The Bertz CT molecular complexity index is 762. The van der Waals surface area contributed by atoms with Gasteiger partial charge in [0.05, 0.1) is 5.69 Å². The summed E-state index contributed by atoms with van der Waals surface area (Å²) in [5, 5.41) is 8.41. The largest absolute Gasteiger partial charge is 0.482 e. The first-order valence-electron chi connectivity index (χ1n) is 8.32. The number of hydrogen-bond acceptors (Lipinski definition) is 3. The van der Waals surface area contributed by atoms with E-state index in [0.29, 0.717) is 23.7 Å². The summed E-state index contributed by atoms with van der Waals surface area (Å²) < 4.78 is 5.35. The van der Waals surface area contributed by atoms with Crippen molar-refractivity contribution in [1.82, 2.24) is 5.32 Å². The molecule has 6 nitrogen and oxygen atoms in total. The monoisotopic (exact) mass is 339 g/mol. The van der Waals surface area contributed by atoms with Gasteiger partial charge in [-0.05, 0) is 24.1 Å². The molecule has 3 amide bonds. The normalized spacial score (nSPS) is 13.9. The number of carbonyl (C=O) groups excluding carboxylic acids is 2. The second-order valence-electron chi connectivity index (χ2n) is 5.90. The number of urea groups is 1. The summed E-state index contributed by atoms with van der Waals surface area (Å²) in [6, 6.07) is 15.0. The van der Waals surface area contributed by atoms with Crippen LogP contribution in [0.4, 0.5) is 16.2 Å². The Morgan fingerprint density at radius 2 is 2.04 bits per heavy atom. The van der Waals surface area contributed by atoms with Gasteiger partial charge >= 0.3 is 6.03 Å². The zero-order valence-electron chi connectivity index (χ0n) is 14.0. The molecule has 1 heterocycles. The van der Waals surface area contributed by atoms with Crippen LogP contribution in [0, 0.1) is 0 Å². The molecule has 0 saturated carbocycles. The van der Waals surface area contributed by atoms with E-state index in [1.54, 1.807) is 18.2 Å². The molecule has 6 heteroatoms. The average Bonchev–Trinajstić information content (AvgIpc) is 2.63. The zero-order chi connectivity index (χ0) is 17.6. The summed E-state index contributed by atoms with van der Waals surface area (Å²) in [5.74, 6) is 0.639. The van der Waals surface area contributed by atoms with Gasteiger partial charge in [-0.1, -0.05) is 37.3 Å². The maximum atomic E-state index is 12.2. The molecule has 0 aliphatic carbocycles. The summed E-state index contributed by atoms with van der Waals surface area (Å²) >= 11 is 0. The molecular weight excluding hydrogens is 318 g/mol. The van der Waals surface area contributed by atoms with E-state index in [0.717, 1.165) is 6.42 Å². The predicted molar refractivity (Wildman–Crippen MR) is 97.1 cm³/mol. The highest BCUT2D eigenvalue weighted by molar-refractivity contribution is 5.96. The van der Waals surface area contributed by atoms with Gasteiger partial charge < -0.3 is 20.7 Å². The lowest BCUT2D eigenvalue weighted by Gasteiger charge is -2.19. The Labute approximate surface area is 146 Å². The highest BCUT2D eigenvalue weighted by Gasteiger charge is 2.16. The third-order valence-corrected chi connectivity index (χ3v) is 4.15. The van der Waals surface area contributed by atoms with Crippen LogP contribution in [0.15, 0.2) is 48.5 Å². The lowest BCUT2D eigenvalue weighted by atomic mass is 9.97. The summed E-state index contributed by atoms with van der Waals surface area (Å²) in [5.41, 5.74) is 2.43. The number of amides is 3. The molecule has 1 aliphatic rings. The molecule has 0 spiro atoms. The Hall–Kier alpha value is -3.02. The van der Waals surface area contributed by atoms with Gasteiger partial charge in [0.1, 0.15) is 5.75 Å². The van der Waals surface area contributed by atoms with E-state index < -0.39 is 0 Å². The maximum absolute atomic E-state index is 12.2. The third kappa shape index (κ3) is 4.29. The first kappa shape index (κ1) is 16.8. The highest BCUT2D eigenvalue weighted by atomic mass is 16.5. The highest BCUT2D eigenvalue weighted by Crippen LogP contribution is 2.30. The molecule has 0 fully saturated rings. The SMILES string of the molecule is CCC(CNC(=O)Nc1ccc2c(c1)OCC(=O)N2)c1ccccc1. The summed E-state index contributed by atoms with van der Waals surface area (Å²) in [6.07, 6.45) is 0.941. The van der Waals surface area contributed by atoms with Gasteiger partial charge in [0.2, 0.25) is 0 Å². The van der Waals surface area contributed by atoms with E-state index in [-0.39, 0.29) is 24.5 Å². The average molecular weight is 339 g/mol. The third-order valence-electron chi connectivity index (χ3n) is 4.15. The number of rotatable bonds is 5. The van der Waals surface area contributed by atoms with Crippen LogP contribution in [0.2, 0.25) is 0 Å². The molecule has 2 aromatic rings. The topological polar surface area (TPSA) is 79.5 Å². The first-order valence-corrected chi connectivity index (χ1v) is 8.32. The van der Waals surface area contributed by atoms with Gasteiger partial charge in [-0.2, -0.15) is 0 Å². The van der Waals surface area contributed by atoms with E-state index in [1.165, 1.54) is 5.56 Å². The fraction of sp³-hybridized carbons (Fsp3) is 0.263. The number of benzene rings is 2. The number of ether oxygens (including phenoxy) is 1. The minimum absolute atomic E-state index is 0.0160. The van der Waals surface area contributed by atoms with Crippen LogP contribution < -0.4 is 20.7 Å². The predicted octanol–water partition coefficient (Wildman–Crippen LogP) is 3.33.